The number of nitrogens with one attached hydrogen (secondary N) is 1. The molecule has 2 N–H and O–H groups in total. The Balaban J connectivity index is 1.22. The van der Waals surface area contributed by atoms with Crippen LogP contribution in [0.15, 0.2) is 158 Å². The Morgan fingerprint density at radius 2 is 1.22 bits per heavy atom. The van der Waals surface area contributed by atoms with Crippen LogP contribution in [-0.4, -0.2) is 41.3 Å². The Hall–Kier alpha value is -6.67. The van der Waals surface area contributed by atoms with Crippen molar-refractivity contribution in [2.45, 2.75) is 12.0 Å². The van der Waals surface area contributed by atoms with E-state index in [0.29, 0.717) is 29.1 Å². The first-order chi connectivity index (χ1) is 24.1. The number of benzene rings is 6. The van der Waals surface area contributed by atoms with Crippen LogP contribution in [0.2, 0.25) is 0 Å². The second-order valence-electron chi connectivity index (χ2n) is 11.8. The van der Waals surface area contributed by atoms with E-state index in [4.69, 9.17) is 5.21 Å². The first-order valence-electron chi connectivity index (χ1n) is 16.0. The van der Waals surface area contributed by atoms with Gasteiger partial charge in [-0.15, -0.1) is 5.10 Å². The molecule has 8 nitrogen and oxygen atoms in total. The van der Waals surface area contributed by atoms with Gasteiger partial charge in [-0.1, -0.05) is 146 Å². The number of hydrogen-bond acceptors (Lipinski definition) is 5. The van der Waals surface area contributed by atoms with Gasteiger partial charge >= 0.3 is 5.97 Å². The molecule has 2 aromatic heterocycles. The fourth-order valence-corrected chi connectivity index (χ4v) is 6.75. The fraction of sp³-hybridized carbons (Fsp3) is 0.0488. The Morgan fingerprint density at radius 1 is 0.653 bits per heavy atom. The number of carbonyl (C=O) groups is 1. The average molecular weight is 639 g/mol. The van der Waals surface area contributed by atoms with Gasteiger partial charge in [0, 0.05) is 12.0 Å². The molecule has 0 spiro atoms. The maximum atomic E-state index is 11.7. The minimum Gasteiger partial charge on any atom is -0.478 e. The maximum absolute atomic E-state index is 11.7. The van der Waals surface area contributed by atoms with Crippen molar-refractivity contribution in [3.05, 3.63) is 191 Å². The van der Waals surface area contributed by atoms with Gasteiger partial charge in [-0.2, -0.15) is 0 Å². The average Bonchev–Trinajstić information content (AvgIpc) is 3.81. The molecule has 236 valence electrons. The van der Waals surface area contributed by atoms with E-state index in [-0.39, 0.29) is 5.56 Å². The number of tetrazole rings is 1. The van der Waals surface area contributed by atoms with Gasteiger partial charge in [0.2, 0.25) is 0 Å². The highest BCUT2D eigenvalue weighted by atomic mass is 16.4. The topological polar surface area (TPSA) is 110 Å². The molecular formula is C41H30N6O2. The third kappa shape index (κ3) is 5.25. The number of nitrogens with zero attached hydrogens (tertiary/aromatic N) is 5. The number of hydrogen-bond donors (Lipinski definition) is 2. The lowest BCUT2D eigenvalue weighted by atomic mass is 9.77. The molecule has 8 aromatic rings. The molecule has 0 saturated heterocycles. The van der Waals surface area contributed by atoms with E-state index in [0.717, 1.165) is 38.9 Å². The normalized spacial score (nSPS) is 11.5. The molecule has 0 unspecified atom stereocenters. The molecule has 0 bridgehead atoms. The summed E-state index contributed by atoms with van der Waals surface area (Å²) >= 11 is 0. The summed E-state index contributed by atoms with van der Waals surface area (Å²) in [5.74, 6) is 0.342. The number of rotatable bonds is 9. The molecule has 0 radical (unpaired) electrons. The van der Waals surface area contributed by atoms with Crippen molar-refractivity contribution < 1.29 is 9.90 Å². The summed E-state index contributed by atoms with van der Waals surface area (Å²) in [5.41, 5.74) is 7.51. The summed E-state index contributed by atoms with van der Waals surface area (Å²) in [4.78, 5) is 19.6. The van der Waals surface area contributed by atoms with Crippen LogP contribution in [-0.2, 0) is 12.0 Å². The molecule has 8 rings (SSSR count). The minimum atomic E-state index is -0.994. The van der Waals surface area contributed by atoms with Crippen LogP contribution in [0.25, 0.3) is 33.5 Å². The van der Waals surface area contributed by atoms with Crippen LogP contribution < -0.4 is 0 Å². The number of aromatic nitrogens is 6. The summed E-state index contributed by atoms with van der Waals surface area (Å²) < 4.78 is 1.95. The molecule has 2 heterocycles. The molecule has 6 aromatic carbocycles. The summed E-state index contributed by atoms with van der Waals surface area (Å²) in [6, 6.07) is 52.7. The number of para-hydroxylation sites is 1. The Kier molecular flexibility index (Phi) is 7.58. The van der Waals surface area contributed by atoms with Crippen LogP contribution in [0, 0.1) is 0 Å². The van der Waals surface area contributed by atoms with Gasteiger partial charge in [0.15, 0.2) is 5.82 Å². The van der Waals surface area contributed by atoms with Crippen molar-refractivity contribution in [1.29, 1.82) is 0 Å². The van der Waals surface area contributed by atoms with Crippen molar-refractivity contribution in [2.75, 3.05) is 0 Å². The quantitative estimate of drug-likeness (QED) is 0.155. The molecule has 0 amide bonds. The number of fused-ring (bicyclic) bond motifs is 1. The van der Waals surface area contributed by atoms with Gasteiger partial charge in [0.1, 0.15) is 16.9 Å². The number of aromatic carboxylic acids is 1. The highest BCUT2D eigenvalue weighted by molar-refractivity contribution is 6.00. The van der Waals surface area contributed by atoms with Gasteiger partial charge in [-0.3, -0.25) is 0 Å². The second-order valence-corrected chi connectivity index (χ2v) is 11.8. The standard InChI is InChI=1S/C41H30N6O2/c48-40(49)35-21-12-22-36-38(35)43-37(42-36)27-28-23-25-29(26-24-28)33-19-10-11-20-34(33)39-44-45-46-47(39)41(30-13-4-1-5-14-30,31-15-6-2-7-16-31)32-17-8-3-9-18-32/h1-26H,27H2,(H,42,43)(H,48,49). The lowest BCUT2D eigenvalue weighted by Gasteiger charge is -2.36. The SMILES string of the molecule is O=C(O)c1cccc2[nH]c(Cc3ccc(-c4ccccc4-c4nnnn4C(c4ccccc4)(c4ccccc4)c4ccccc4)cc3)nc12. The summed E-state index contributed by atoms with van der Waals surface area (Å²) in [6.07, 6.45) is 0.529. The minimum absolute atomic E-state index is 0.185. The van der Waals surface area contributed by atoms with Crippen LogP contribution in [0.3, 0.4) is 0 Å². The third-order valence-corrected chi connectivity index (χ3v) is 8.96. The van der Waals surface area contributed by atoms with E-state index in [1.165, 1.54) is 0 Å². The van der Waals surface area contributed by atoms with Crippen LogP contribution >= 0.6 is 0 Å². The summed E-state index contributed by atoms with van der Waals surface area (Å²) in [5, 5.41) is 23.3. The van der Waals surface area contributed by atoms with Crippen molar-refractivity contribution in [3.63, 3.8) is 0 Å². The summed E-state index contributed by atoms with van der Waals surface area (Å²) in [6.45, 7) is 0. The lowest BCUT2D eigenvalue weighted by molar-refractivity contribution is 0.0699. The monoisotopic (exact) mass is 638 g/mol. The molecule has 8 heteroatoms. The zero-order chi connectivity index (χ0) is 33.2. The van der Waals surface area contributed by atoms with Gasteiger partial charge < -0.3 is 10.1 Å². The molecule has 0 fully saturated rings. The highest BCUT2D eigenvalue weighted by Crippen LogP contribution is 2.43. The van der Waals surface area contributed by atoms with Crippen molar-refractivity contribution in [3.8, 4) is 22.5 Å². The second kappa shape index (κ2) is 12.5. The number of aromatic amines is 1. The number of carboxylic acids is 1. The van der Waals surface area contributed by atoms with E-state index < -0.39 is 11.5 Å². The van der Waals surface area contributed by atoms with Crippen LogP contribution in [0.1, 0.15) is 38.4 Å². The van der Waals surface area contributed by atoms with Gasteiger partial charge in [-0.25, -0.2) is 14.5 Å². The predicted molar refractivity (Wildman–Crippen MR) is 189 cm³/mol. The Labute approximate surface area is 282 Å². The van der Waals surface area contributed by atoms with E-state index in [2.05, 4.69) is 93.1 Å². The largest absolute Gasteiger partial charge is 0.478 e. The molecule has 0 atom stereocenters. The van der Waals surface area contributed by atoms with Gasteiger partial charge in [0.05, 0.1) is 11.1 Å². The zero-order valence-corrected chi connectivity index (χ0v) is 26.3. The van der Waals surface area contributed by atoms with E-state index in [1.54, 1.807) is 12.1 Å². The van der Waals surface area contributed by atoms with E-state index in [9.17, 15) is 9.90 Å². The number of imidazole rings is 1. The zero-order valence-electron chi connectivity index (χ0n) is 26.3. The molecule has 0 saturated carbocycles. The van der Waals surface area contributed by atoms with Crippen molar-refractivity contribution in [2.24, 2.45) is 0 Å². The van der Waals surface area contributed by atoms with Crippen LogP contribution in [0.5, 0.6) is 0 Å². The Morgan fingerprint density at radius 3 is 1.82 bits per heavy atom. The third-order valence-electron chi connectivity index (χ3n) is 8.96. The molecule has 0 aliphatic carbocycles. The van der Waals surface area contributed by atoms with Crippen molar-refractivity contribution in [1.82, 2.24) is 30.2 Å². The molecule has 49 heavy (non-hydrogen) atoms. The van der Waals surface area contributed by atoms with Gasteiger partial charge in [0.25, 0.3) is 0 Å². The van der Waals surface area contributed by atoms with Crippen molar-refractivity contribution >= 4 is 17.0 Å². The molecule has 0 aliphatic heterocycles. The number of H-pyrrole nitrogens is 1. The fourth-order valence-electron chi connectivity index (χ4n) is 6.75. The molecular weight excluding hydrogens is 608 g/mol. The first kappa shape index (κ1) is 29.7. The lowest BCUT2D eigenvalue weighted by Crippen LogP contribution is -2.39. The number of carboxylic acid groups (broad SMARTS) is 1. The van der Waals surface area contributed by atoms with E-state index in [1.807, 2.05) is 77.5 Å². The smallest absolute Gasteiger partial charge is 0.337 e. The van der Waals surface area contributed by atoms with E-state index >= 15 is 0 Å². The predicted octanol–water partition coefficient (Wildman–Crippen LogP) is 8.01. The highest BCUT2D eigenvalue weighted by Gasteiger charge is 2.42. The first-order valence-corrected chi connectivity index (χ1v) is 16.0. The summed E-state index contributed by atoms with van der Waals surface area (Å²) in [7, 11) is 0. The van der Waals surface area contributed by atoms with Gasteiger partial charge in [-0.05, 0) is 55.9 Å². The molecule has 0 aliphatic rings. The van der Waals surface area contributed by atoms with Crippen LogP contribution in [0.4, 0.5) is 0 Å². The Bertz CT molecular complexity index is 2290. The maximum Gasteiger partial charge on any atom is 0.337 e.